The first-order valence-corrected chi connectivity index (χ1v) is 5.38. The Labute approximate surface area is 96.2 Å². The van der Waals surface area contributed by atoms with Gasteiger partial charge in [-0.2, -0.15) is 0 Å². The largest absolute Gasteiger partial charge is 0.322 e. The zero-order chi connectivity index (χ0) is 11.3. The molecule has 0 fully saturated rings. The molecule has 82 valence electrons. The maximum Gasteiger partial charge on any atom is 0.238 e. The highest BCUT2D eigenvalue weighted by molar-refractivity contribution is 9.10. The maximum absolute atomic E-state index is 13.3. The van der Waals surface area contributed by atoms with Crippen LogP contribution in [0.4, 0.5) is 10.1 Å². The highest BCUT2D eigenvalue weighted by Crippen LogP contribution is 2.18. The van der Waals surface area contributed by atoms with Gasteiger partial charge in [0.2, 0.25) is 5.91 Å². The van der Waals surface area contributed by atoms with Crippen LogP contribution in [0.1, 0.15) is 6.92 Å². The fourth-order valence-electron chi connectivity index (χ4n) is 1.02. The van der Waals surface area contributed by atoms with Crippen molar-refractivity contribution in [3.63, 3.8) is 0 Å². The van der Waals surface area contributed by atoms with Crippen LogP contribution in [0, 0.1) is 5.82 Å². The standard InChI is InChI=1S/C10H12BrFN2O/c1-2-13-6-10(15)14-9-4-3-7(11)5-8(9)12/h3-5,13H,2,6H2,1H3,(H,14,15). The van der Waals surface area contributed by atoms with Gasteiger partial charge in [-0.1, -0.05) is 22.9 Å². The zero-order valence-electron chi connectivity index (χ0n) is 8.31. The van der Waals surface area contributed by atoms with E-state index in [1.54, 1.807) is 6.07 Å². The van der Waals surface area contributed by atoms with Gasteiger partial charge in [0, 0.05) is 4.47 Å². The summed E-state index contributed by atoms with van der Waals surface area (Å²) in [5, 5.41) is 5.33. The fourth-order valence-corrected chi connectivity index (χ4v) is 1.36. The molecule has 15 heavy (non-hydrogen) atoms. The summed E-state index contributed by atoms with van der Waals surface area (Å²) >= 11 is 3.14. The minimum absolute atomic E-state index is 0.187. The minimum Gasteiger partial charge on any atom is -0.322 e. The second-order valence-corrected chi connectivity index (χ2v) is 3.87. The van der Waals surface area contributed by atoms with Crippen LogP contribution in [0.25, 0.3) is 0 Å². The lowest BCUT2D eigenvalue weighted by Crippen LogP contribution is -2.28. The Balaban J connectivity index is 2.60. The molecule has 0 saturated carbocycles. The van der Waals surface area contributed by atoms with Crippen molar-refractivity contribution >= 4 is 27.5 Å². The lowest BCUT2D eigenvalue weighted by Gasteiger charge is -2.06. The van der Waals surface area contributed by atoms with Crippen LogP contribution in [0.15, 0.2) is 22.7 Å². The van der Waals surface area contributed by atoms with Crippen LogP contribution in [0.5, 0.6) is 0 Å². The average molecular weight is 275 g/mol. The van der Waals surface area contributed by atoms with Gasteiger partial charge in [-0.15, -0.1) is 0 Å². The molecule has 1 aromatic carbocycles. The van der Waals surface area contributed by atoms with Crippen LogP contribution in [-0.2, 0) is 4.79 Å². The van der Waals surface area contributed by atoms with E-state index in [1.165, 1.54) is 12.1 Å². The number of rotatable bonds is 4. The van der Waals surface area contributed by atoms with Gasteiger partial charge in [-0.05, 0) is 24.7 Å². The number of hydrogen-bond acceptors (Lipinski definition) is 2. The van der Waals surface area contributed by atoms with E-state index in [0.29, 0.717) is 11.0 Å². The summed E-state index contributed by atoms with van der Waals surface area (Å²) in [5.41, 5.74) is 0.195. The third-order valence-corrected chi connectivity index (χ3v) is 2.23. The SMILES string of the molecule is CCNCC(=O)Nc1ccc(Br)cc1F. The number of nitrogens with one attached hydrogen (secondary N) is 2. The van der Waals surface area contributed by atoms with Gasteiger partial charge in [0.1, 0.15) is 5.82 Å². The Morgan fingerprint density at radius 2 is 2.27 bits per heavy atom. The highest BCUT2D eigenvalue weighted by atomic mass is 79.9. The Kier molecular flexibility index (Phi) is 4.71. The lowest BCUT2D eigenvalue weighted by atomic mass is 10.3. The lowest BCUT2D eigenvalue weighted by molar-refractivity contribution is -0.115. The summed E-state index contributed by atoms with van der Waals surface area (Å²) in [6, 6.07) is 4.50. The number of anilines is 1. The molecule has 0 radical (unpaired) electrons. The summed E-state index contributed by atoms with van der Waals surface area (Å²) < 4.78 is 13.9. The van der Waals surface area contributed by atoms with E-state index < -0.39 is 5.82 Å². The number of benzene rings is 1. The summed E-state index contributed by atoms with van der Waals surface area (Å²) in [4.78, 5) is 11.3. The second kappa shape index (κ2) is 5.82. The second-order valence-electron chi connectivity index (χ2n) is 2.95. The van der Waals surface area contributed by atoms with E-state index in [-0.39, 0.29) is 18.1 Å². The smallest absolute Gasteiger partial charge is 0.238 e. The monoisotopic (exact) mass is 274 g/mol. The minimum atomic E-state index is -0.450. The Bertz CT molecular complexity index is 357. The van der Waals surface area contributed by atoms with Crippen molar-refractivity contribution in [1.82, 2.24) is 5.32 Å². The third-order valence-electron chi connectivity index (χ3n) is 1.74. The first kappa shape index (κ1) is 12.1. The first-order chi connectivity index (χ1) is 7.13. The number of hydrogen-bond donors (Lipinski definition) is 2. The van der Waals surface area contributed by atoms with Gasteiger partial charge in [0.05, 0.1) is 12.2 Å². The van der Waals surface area contributed by atoms with Crippen molar-refractivity contribution in [2.75, 3.05) is 18.4 Å². The molecule has 0 atom stereocenters. The van der Waals surface area contributed by atoms with E-state index in [9.17, 15) is 9.18 Å². The van der Waals surface area contributed by atoms with Gasteiger partial charge in [-0.25, -0.2) is 4.39 Å². The number of amides is 1. The highest BCUT2D eigenvalue weighted by Gasteiger charge is 2.06. The van der Waals surface area contributed by atoms with Crippen molar-refractivity contribution in [3.05, 3.63) is 28.5 Å². The molecule has 1 aromatic rings. The average Bonchev–Trinajstić information content (AvgIpc) is 2.19. The van der Waals surface area contributed by atoms with Crippen LogP contribution in [-0.4, -0.2) is 19.0 Å². The molecule has 0 unspecified atom stereocenters. The van der Waals surface area contributed by atoms with E-state index in [1.807, 2.05) is 6.92 Å². The summed E-state index contributed by atoms with van der Waals surface area (Å²) in [6.07, 6.45) is 0. The molecular formula is C10H12BrFN2O. The van der Waals surface area contributed by atoms with Gasteiger partial charge in [-0.3, -0.25) is 4.79 Å². The fraction of sp³-hybridized carbons (Fsp3) is 0.300. The van der Waals surface area contributed by atoms with Gasteiger partial charge < -0.3 is 10.6 Å². The summed E-state index contributed by atoms with van der Waals surface area (Å²) in [6.45, 7) is 2.79. The normalized spacial score (nSPS) is 10.1. The van der Waals surface area contributed by atoms with Gasteiger partial charge in [0.25, 0.3) is 0 Å². The third kappa shape index (κ3) is 3.97. The van der Waals surface area contributed by atoms with Gasteiger partial charge >= 0.3 is 0 Å². The summed E-state index contributed by atoms with van der Waals surface area (Å²) in [5.74, 6) is -0.702. The zero-order valence-corrected chi connectivity index (χ0v) is 9.90. The molecule has 0 aromatic heterocycles. The molecule has 0 aliphatic rings. The quantitative estimate of drug-likeness (QED) is 0.883. The van der Waals surface area contributed by atoms with Crippen molar-refractivity contribution in [1.29, 1.82) is 0 Å². The molecule has 0 bridgehead atoms. The Morgan fingerprint density at radius 1 is 1.53 bits per heavy atom. The van der Waals surface area contributed by atoms with Crippen molar-refractivity contribution in [2.45, 2.75) is 6.92 Å². The molecule has 0 aliphatic carbocycles. The molecule has 1 amide bonds. The molecular weight excluding hydrogens is 263 g/mol. The van der Waals surface area contributed by atoms with Crippen molar-refractivity contribution in [3.8, 4) is 0 Å². The predicted molar refractivity (Wildman–Crippen MR) is 61.3 cm³/mol. The topological polar surface area (TPSA) is 41.1 Å². The Hall–Kier alpha value is -0.940. The molecule has 0 saturated heterocycles. The molecule has 3 nitrogen and oxygen atoms in total. The summed E-state index contributed by atoms with van der Waals surface area (Å²) in [7, 11) is 0. The Morgan fingerprint density at radius 3 is 2.87 bits per heavy atom. The van der Waals surface area contributed by atoms with E-state index in [4.69, 9.17) is 0 Å². The van der Waals surface area contributed by atoms with E-state index in [0.717, 1.165) is 0 Å². The van der Waals surface area contributed by atoms with Crippen LogP contribution >= 0.6 is 15.9 Å². The number of likely N-dealkylation sites (N-methyl/N-ethyl adjacent to an activating group) is 1. The van der Waals surface area contributed by atoms with Crippen molar-refractivity contribution in [2.24, 2.45) is 0 Å². The van der Waals surface area contributed by atoms with Crippen LogP contribution in [0.2, 0.25) is 0 Å². The van der Waals surface area contributed by atoms with E-state index >= 15 is 0 Å². The van der Waals surface area contributed by atoms with Crippen LogP contribution < -0.4 is 10.6 Å². The maximum atomic E-state index is 13.3. The first-order valence-electron chi connectivity index (χ1n) is 4.59. The number of halogens is 2. The molecule has 0 aliphatic heterocycles. The number of carbonyl (C=O) groups is 1. The van der Waals surface area contributed by atoms with Crippen molar-refractivity contribution < 1.29 is 9.18 Å². The molecule has 0 spiro atoms. The van der Waals surface area contributed by atoms with E-state index in [2.05, 4.69) is 26.6 Å². The molecule has 1 rings (SSSR count). The molecule has 0 heterocycles. The molecule has 2 N–H and O–H groups in total. The van der Waals surface area contributed by atoms with Gasteiger partial charge in [0.15, 0.2) is 0 Å². The predicted octanol–water partition coefficient (Wildman–Crippen LogP) is 2.14. The number of carbonyl (C=O) groups excluding carboxylic acids is 1. The van der Waals surface area contributed by atoms with Crippen LogP contribution in [0.3, 0.4) is 0 Å². The molecule has 5 heteroatoms.